The zero-order valence-corrected chi connectivity index (χ0v) is 18.1. The van der Waals surface area contributed by atoms with E-state index >= 15 is 0 Å². The van der Waals surface area contributed by atoms with Crippen LogP contribution < -0.4 is 4.31 Å². The zero-order valence-electron chi connectivity index (χ0n) is 17.3. The highest BCUT2D eigenvalue weighted by Gasteiger charge is 2.56. The maximum atomic E-state index is 14.0. The Morgan fingerprint density at radius 2 is 2.14 bits per heavy atom. The van der Waals surface area contributed by atoms with E-state index in [2.05, 4.69) is 23.7 Å². The number of nitrogens with zero attached hydrogens (tertiary/aromatic N) is 5. The molecule has 3 fully saturated rings. The van der Waals surface area contributed by atoms with Crippen LogP contribution in [0.4, 0.5) is 10.1 Å². The first-order valence-electron chi connectivity index (χ1n) is 10.3. The van der Waals surface area contributed by atoms with E-state index in [0.717, 1.165) is 44.0 Å². The van der Waals surface area contributed by atoms with Gasteiger partial charge in [-0.05, 0) is 49.0 Å². The molecule has 0 radical (unpaired) electrons. The molecule has 3 aliphatic rings. The minimum absolute atomic E-state index is 0.0134. The Hall–Kier alpha value is -1.44. The molecule has 29 heavy (non-hydrogen) atoms. The van der Waals surface area contributed by atoms with Crippen LogP contribution in [-0.4, -0.2) is 61.6 Å². The third-order valence-corrected chi connectivity index (χ3v) is 9.24. The van der Waals surface area contributed by atoms with Crippen LogP contribution in [-0.2, 0) is 0 Å². The Bertz CT molecular complexity index is 834. The predicted molar refractivity (Wildman–Crippen MR) is 112 cm³/mol. The second-order valence-electron chi connectivity index (χ2n) is 9.04. The van der Waals surface area contributed by atoms with Gasteiger partial charge in [0.2, 0.25) is 0 Å². The molecule has 1 aliphatic carbocycles. The highest BCUT2D eigenvalue weighted by Crippen LogP contribution is 2.61. The summed E-state index contributed by atoms with van der Waals surface area (Å²) >= 11 is 0. The molecule has 7 nitrogen and oxygen atoms in total. The van der Waals surface area contributed by atoms with Gasteiger partial charge in [0.05, 0.1) is 17.4 Å². The van der Waals surface area contributed by atoms with E-state index in [0.29, 0.717) is 6.54 Å². The van der Waals surface area contributed by atoms with Gasteiger partial charge in [-0.1, -0.05) is 13.3 Å². The minimum Gasteiger partial charge on any atom is -0.300 e. The van der Waals surface area contributed by atoms with E-state index < -0.39 is 22.3 Å². The third-order valence-electron chi connectivity index (χ3n) is 7.20. The van der Waals surface area contributed by atoms with Crippen LogP contribution in [0.3, 0.4) is 0 Å². The highest BCUT2D eigenvalue weighted by molar-refractivity contribution is 8.23. The number of hydrogen-bond acceptors (Lipinski definition) is 7. The lowest BCUT2D eigenvalue weighted by Gasteiger charge is -2.52. The summed E-state index contributed by atoms with van der Waals surface area (Å²) in [5.41, 5.74) is -0.389. The normalized spacial score (nSPS) is 36.0. The van der Waals surface area contributed by atoms with Gasteiger partial charge >= 0.3 is 0 Å². The van der Waals surface area contributed by atoms with Gasteiger partial charge < -0.3 is 4.90 Å². The van der Waals surface area contributed by atoms with Crippen molar-refractivity contribution in [3.63, 3.8) is 0 Å². The van der Waals surface area contributed by atoms with Crippen molar-refractivity contribution in [3.8, 4) is 6.07 Å². The van der Waals surface area contributed by atoms with E-state index in [-0.39, 0.29) is 17.4 Å². The van der Waals surface area contributed by atoms with Gasteiger partial charge in [-0.3, -0.25) is 9.11 Å². The van der Waals surface area contributed by atoms with E-state index in [1.54, 1.807) is 7.05 Å². The number of pyridine rings is 1. The van der Waals surface area contributed by atoms with Crippen molar-refractivity contribution in [2.75, 3.05) is 31.0 Å². The van der Waals surface area contributed by atoms with Crippen LogP contribution in [0.15, 0.2) is 12.3 Å². The number of aromatic nitrogens is 1. The smallest absolute Gasteiger partial charge is 0.165 e. The number of hydrogen-bond donors (Lipinski definition) is 2. The second kappa shape index (κ2) is 7.36. The topological polar surface area (TPSA) is 86.9 Å². The van der Waals surface area contributed by atoms with Gasteiger partial charge in [-0.25, -0.2) is 13.7 Å². The number of rotatable bonds is 3. The first-order chi connectivity index (χ1) is 13.7. The summed E-state index contributed by atoms with van der Waals surface area (Å²) in [7, 11) is -1.68. The number of anilines is 1. The Morgan fingerprint density at radius 1 is 1.38 bits per heavy atom. The largest absolute Gasteiger partial charge is 0.300 e. The van der Waals surface area contributed by atoms with Crippen LogP contribution in [0.2, 0.25) is 0 Å². The van der Waals surface area contributed by atoms with Crippen LogP contribution in [0, 0.1) is 29.0 Å². The average Bonchev–Trinajstić information content (AvgIpc) is 2.84. The van der Waals surface area contributed by atoms with Crippen molar-refractivity contribution >= 4 is 16.6 Å². The maximum Gasteiger partial charge on any atom is 0.165 e. The zero-order chi connectivity index (χ0) is 21.0. The summed E-state index contributed by atoms with van der Waals surface area (Å²) < 4.78 is 39.1. The summed E-state index contributed by atoms with van der Waals surface area (Å²) in [6.45, 7) is 6.87. The minimum atomic E-state index is -3.35. The first-order valence-corrected chi connectivity index (χ1v) is 11.7. The molecule has 160 valence electrons. The molecule has 4 rings (SSSR count). The number of likely N-dealkylation sites (tertiary alicyclic amines) is 1. The molecule has 1 aromatic heterocycles. The predicted octanol–water partition coefficient (Wildman–Crippen LogP) is 3.69. The molecule has 4 atom stereocenters. The molecule has 0 amide bonds. The van der Waals surface area contributed by atoms with Gasteiger partial charge in [0.15, 0.2) is 5.69 Å². The molecule has 0 aromatic carbocycles. The summed E-state index contributed by atoms with van der Waals surface area (Å²) in [6, 6.07) is 3.44. The van der Waals surface area contributed by atoms with E-state index in [1.165, 1.54) is 27.5 Å². The Morgan fingerprint density at radius 3 is 2.72 bits per heavy atom. The molecule has 0 bridgehead atoms. The Labute approximate surface area is 173 Å². The SMILES string of the molecule is CC1CCC1CN1CC[C@@]2(C[C@@H]1C)CN(C)S(O)(O)N2c1cc(F)cnc1C#N. The van der Waals surface area contributed by atoms with E-state index in [9.17, 15) is 18.8 Å². The fourth-order valence-electron chi connectivity index (χ4n) is 5.28. The van der Waals surface area contributed by atoms with Crippen LogP contribution in [0.5, 0.6) is 0 Å². The molecular formula is C20H30FN5O2S. The van der Waals surface area contributed by atoms with Gasteiger partial charge in [0.25, 0.3) is 0 Å². The van der Waals surface area contributed by atoms with Crippen LogP contribution in [0.25, 0.3) is 0 Å². The Balaban J connectivity index is 1.65. The van der Waals surface area contributed by atoms with E-state index in [1.807, 2.05) is 6.07 Å². The van der Waals surface area contributed by atoms with Crippen molar-refractivity contribution in [2.24, 2.45) is 11.8 Å². The van der Waals surface area contributed by atoms with Gasteiger partial charge in [0, 0.05) is 38.8 Å². The fraction of sp³-hybridized carbons (Fsp3) is 0.700. The molecule has 2 saturated heterocycles. The second-order valence-corrected chi connectivity index (χ2v) is 11.0. The van der Waals surface area contributed by atoms with Crippen molar-refractivity contribution < 1.29 is 13.5 Å². The fourth-order valence-corrected chi connectivity index (χ4v) is 7.12. The lowest BCUT2D eigenvalue weighted by Crippen LogP contribution is -2.58. The first kappa shape index (κ1) is 20.8. The standard InChI is InChI=1S/C20H30FN5O2S/c1-14-4-5-16(14)12-25-7-6-20(9-15(25)2)13-24(3)29(27,28)26(20)19-8-17(21)11-23-18(19)10-22/h8,11,14-16,27-28H,4-7,9,12-13H2,1-3H3/t14?,15-,16?,20+/m0/s1. The summed E-state index contributed by atoms with van der Waals surface area (Å²) in [6.07, 6.45) is 5.02. The molecule has 1 aromatic rings. The maximum absolute atomic E-state index is 14.0. The van der Waals surface area contributed by atoms with Crippen LogP contribution >= 0.6 is 11.0 Å². The summed E-state index contributed by atoms with van der Waals surface area (Å²) in [5.74, 6) is 0.922. The molecule has 1 spiro atoms. The van der Waals surface area contributed by atoms with E-state index in [4.69, 9.17) is 0 Å². The van der Waals surface area contributed by atoms with Crippen molar-refractivity contribution in [1.29, 1.82) is 5.26 Å². The average molecular weight is 424 g/mol. The van der Waals surface area contributed by atoms with Crippen molar-refractivity contribution in [3.05, 3.63) is 23.8 Å². The highest BCUT2D eigenvalue weighted by atomic mass is 32.3. The molecule has 2 unspecified atom stereocenters. The molecule has 3 heterocycles. The molecule has 9 heteroatoms. The van der Waals surface area contributed by atoms with Gasteiger partial charge in [0.1, 0.15) is 11.9 Å². The van der Waals surface area contributed by atoms with Gasteiger partial charge in [-0.15, -0.1) is 0 Å². The number of halogens is 1. The quantitative estimate of drug-likeness (QED) is 0.767. The third kappa shape index (κ3) is 3.41. The number of piperidine rings is 1. The van der Waals surface area contributed by atoms with Crippen LogP contribution in [0.1, 0.15) is 45.2 Å². The van der Waals surface area contributed by atoms with Crippen molar-refractivity contribution in [2.45, 2.75) is 51.1 Å². The molecule has 2 N–H and O–H groups in total. The number of nitriles is 1. The lowest BCUT2D eigenvalue weighted by atomic mass is 9.73. The molecule has 1 saturated carbocycles. The molecule has 2 aliphatic heterocycles. The summed E-state index contributed by atoms with van der Waals surface area (Å²) in [5, 5.41) is 9.51. The number of likely N-dealkylation sites (N-methyl/N-ethyl adjacent to an activating group) is 1. The van der Waals surface area contributed by atoms with Crippen molar-refractivity contribution in [1.82, 2.24) is 14.2 Å². The molecular weight excluding hydrogens is 393 g/mol. The monoisotopic (exact) mass is 423 g/mol. The lowest BCUT2D eigenvalue weighted by molar-refractivity contribution is 0.0528. The van der Waals surface area contributed by atoms with Gasteiger partial charge in [-0.2, -0.15) is 9.57 Å². The summed E-state index contributed by atoms with van der Waals surface area (Å²) in [4.78, 5) is 6.40. The Kier molecular flexibility index (Phi) is 5.28.